The summed E-state index contributed by atoms with van der Waals surface area (Å²) in [5.74, 6) is 0. The molecule has 122 valence electrons. The van der Waals surface area contributed by atoms with Crippen LogP contribution in [-0.2, 0) is 19.6 Å². The zero-order valence-corrected chi connectivity index (χ0v) is 13.7. The van der Waals surface area contributed by atoms with Crippen LogP contribution in [0.3, 0.4) is 0 Å². The standard InChI is InChI=1S/C16H34O4/c1-4-7-10-11-12-13-16(19-17-14-8-5-2)20-18-15-9-6-3/h16H,4-15H2,1-3H3. The predicted octanol–water partition coefficient (Wildman–Crippen LogP) is 5.17. The van der Waals surface area contributed by atoms with Crippen molar-refractivity contribution in [3.63, 3.8) is 0 Å². The lowest BCUT2D eigenvalue weighted by molar-refractivity contribution is -0.463. The molecule has 20 heavy (non-hydrogen) atoms. The van der Waals surface area contributed by atoms with Crippen LogP contribution in [0.2, 0.25) is 0 Å². The van der Waals surface area contributed by atoms with Crippen LogP contribution in [0.4, 0.5) is 0 Å². The Balaban J connectivity index is 3.67. The van der Waals surface area contributed by atoms with Crippen molar-refractivity contribution >= 4 is 0 Å². The second-order valence-corrected chi connectivity index (χ2v) is 5.18. The first kappa shape index (κ1) is 19.8. The average Bonchev–Trinajstić information content (AvgIpc) is 2.47. The summed E-state index contributed by atoms with van der Waals surface area (Å²) in [6.45, 7) is 7.69. The first-order valence-corrected chi connectivity index (χ1v) is 8.41. The lowest BCUT2D eigenvalue weighted by Crippen LogP contribution is -2.19. The molecule has 0 aromatic carbocycles. The van der Waals surface area contributed by atoms with E-state index in [1.807, 2.05) is 0 Å². The zero-order valence-electron chi connectivity index (χ0n) is 13.7. The predicted molar refractivity (Wildman–Crippen MR) is 81.1 cm³/mol. The van der Waals surface area contributed by atoms with Gasteiger partial charge in [-0.15, -0.1) is 0 Å². The van der Waals surface area contributed by atoms with Gasteiger partial charge in [-0.1, -0.05) is 59.3 Å². The van der Waals surface area contributed by atoms with Gasteiger partial charge in [0.05, 0.1) is 13.2 Å². The largest absolute Gasteiger partial charge is 0.234 e. The van der Waals surface area contributed by atoms with Gasteiger partial charge in [-0.2, -0.15) is 0 Å². The highest BCUT2D eigenvalue weighted by molar-refractivity contribution is 4.46. The van der Waals surface area contributed by atoms with E-state index in [1.54, 1.807) is 0 Å². The van der Waals surface area contributed by atoms with Gasteiger partial charge in [0, 0.05) is 6.42 Å². The third kappa shape index (κ3) is 14.3. The highest BCUT2D eigenvalue weighted by atomic mass is 17.3. The first-order chi connectivity index (χ1) is 9.85. The number of hydrogen-bond donors (Lipinski definition) is 0. The maximum Gasteiger partial charge on any atom is 0.224 e. The number of unbranched alkanes of at least 4 members (excludes halogenated alkanes) is 6. The molecule has 0 aliphatic heterocycles. The molecule has 0 bridgehead atoms. The van der Waals surface area contributed by atoms with Crippen LogP contribution in [0.25, 0.3) is 0 Å². The molecule has 0 atom stereocenters. The molecule has 0 aromatic heterocycles. The summed E-state index contributed by atoms with van der Waals surface area (Å²) in [5, 5.41) is 0. The molecular formula is C16H34O4. The van der Waals surface area contributed by atoms with E-state index in [-0.39, 0.29) is 0 Å². The Hall–Kier alpha value is -0.160. The molecule has 0 saturated heterocycles. The minimum Gasteiger partial charge on any atom is -0.234 e. The SMILES string of the molecule is CCCCCCCC(OOCCCC)OOCCCC. The van der Waals surface area contributed by atoms with Crippen LogP contribution in [0.15, 0.2) is 0 Å². The first-order valence-electron chi connectivity index (χ1n) is 8.41. The van der Waals surface area contributed by atoms with E-state index in [0.29, 0.717) is 13.2 Å². The molecule has 0 rings (SSSR count). The van der Waals surface area contributed by atoms with Crippen LogP contribution in [0.5, 0.6) is 0 Å². The molecular weight excluding hydrogens is 256 g/mol. The Morgan fingerprint density at radius 1 is 0.600 bits per heavy atom. The smallest absolute Gasteiger partial charge is 0.224 e. The lowest BCUT2D eigenvalue weighted by Gasteiger charge is -2.16. The third-order valence-electron chi connectivity index (χ3n) is 3.06. The number of hydrogen-bond acceptors (Lipinski definition) is 4. The Labute approximate surface area is 125 Å². The molecule has 4 nitrogen and oxygen atoms in total. The molecule has 0 saturated carbocycles. The molecule has 0 fully saturated rings. The van der Waals surface area contributed by atoms with Crippen molar-refractivity contribution in [3.8, 4) is 0 Å². The zero-order chi connectivity index (χ0) is 14.9. The monoisotopic (exact) mass is 290 g/mol. The van der Waals surface area contributed by atoms with E-state index in [2.05, 4.69) is 20.8 Å². The fourth-order valence-corrected chi connectivity index (χ4v) is 1.68. The maximum atomic E-state index is 5.28. The van der Waals surface area contributed by atoms with Crippen molar-refractivity contribution < 1.29 is 19.6 Å². The molecule has 0 aliphatic rings. The van der Waals surface area contributed by atoms with Crippen molar-refractivity contribution in [1.82, 2.24) is 0 Å². The van der Waals surface area contributed by atoms with E-state index in [4.69, 9.17) is 19.6 Å². The lowest BCUT2D eigenvalue weighted by atomic mass is 10.1. The van der Waals surface area contributed by atoms with Crippen molar-refractivity contribution in [2.75, 3.05) is 13.2 Å². The van der Waals surface area contributed by atoms with E-state index in [1.165, 1.54) is 25.7 Å². The fourth-order valence-electron chi connectivity index (χ4n) is 1.68. The average molecular weight is 290 g/mol. The van der Waals surface area contributed by atoms with Gasteiger partial charge < -0.3 is 0 Å². The van der Waals surface area contributed by atoms with Crippen LogP contribution >= 0.6 is 0 Å². The molecule has 0 aromatic rings. The van der Waals surface area contributed by atoms with Crippen LogP contribution < -0.4 is 0 Å². The van der Waals surface area contributed by atoms with Crippen molar-refractivity contribution in [2.24, 2.45) is 0 Å². The minimum absolute atomic E-state index is 0.398. The summed E-state index contributed by atoms with van der Waals surface area (Å²) in [5.41, 5.74) is 0. The van der Waals surface area contributed by atoms with Crippen molar-refractivity contribution in [2.45, 2.75) is 91.3 Å². The maximum absolute atomic E-state index is 5.28. The molecule has 0 amide bonds. The summed E-state index contributed by atoms with van der Waals surface area (Å²) in [6, 6.07) is 0. The van der Waals surface area contributed by atoms with Crippen LogP contribution in [0, 0.1) is 0 Å². The van der Waals surface area contributed by atoms with Crippen LogP contribution in [0.1, 0.15) is 85.0 Å². The Bertz CT molecular complexity index is 164. The molecule has 0 unspecified atom stereocenters. The van der Waals surface area contributed by atoms with Gasteiger partial charge in [0.1, 0.15) is 0 Å². The Morgan fingerprint density at radius 3 is 1.60 bits per heavy atom. The Morgan fingerprint density at radius 2 is 1.10 bits per heavy atom. The molecule has 0 spiro atoms. The molecule has 0 aliphatic carbocycles. The topological polar surface area (TPSA) is 36.9 Å². The van der Waals surface area contributed by atoms with Gasteiger partial charge >= 0.3 is 0 Å². The normalized spacial score (nSPS) is 11.4. The van der Waals surface area contributed by atoms with Gasteiger partial charge in [-0.3, -0.25) is 0 Å². The molecule has 0 N–H and O–H groups in total. The summed E-state index contributed by atoms with van der Waals surface area (Å²) in [4.78, 5) is 20.9. The summed E-state index contributed by atoms with van der Waals surface area (Å²) >= 11 is 0. The van der Waals surface area contributed by atoms with E-state index < -0.39 is 6.29 Å². The van der Waals surface area contributed by atoms with Crippen molar-refractivity contribution in [3.05, 3.63) is 0 Å². The molecule has 4 heteroatoms. The fraction of sp³-hybridized carbons (Fsp3) is 1.00. The van der Waals surface area contributed by atoms with Gasteiger partial charge in [-0.25, -0.2) is 19.6 Å². The van der Waals surface area contributed by atoms with Gasteiger partial charge in [-0.05, 0) is 19.3 Å². The second-order valence-electron chi connectivity index (χ2n) is 5.18. The molecule has 0 radical (unpaired) electrons. The number of rotatable bonds is 16. The minimum atomic E-state index is -0.398. The highest BCUT2D eigenvalue weighted by Crippen LogP contribution is 2.12. The molecule has 0 heterocycles. The second kappa shape index (κ2) is 16.9. The summed E-state index contributed by atoms with van der Waals surface area (Å²) in [7, 11) is 0. The van der Waals surface area contributed by atoms with E-state index in [9.17, 15) is 0 Å². The van der Waals surface area contributed by atoms with Gasteiger partial charge in [0.2, 0.25) is 6.29 Å². The van der Waals surface area contributed by atoms with Gasteiger partial charge in [0.25, 0.3) is 0 Å². The van der Waals surface area contributed by atoms with E-state index >= 15 is 0 Å². The highest BCUT2D eigenvalue weighted by Gasteiger charge is 2.12. The van der Waals surface area contributed by atoms with Crippen molar-refractivity contribution in [1.29, 1.82) is 0 Å². The summed E-state index contributed by atoms with van der Waals surface area (Å²) < 4.78 is 0. The summed E-state index contributed by atoms with van der Waals surface area (Å²) in [6.07, 6.45) is 10.7. The van der Waals surface area contributed by atoms with E-state index in [0.717, 1.165) is 38.5 Å². The Kier molecular flexibility index (Phi) is 16.8. The quantitative estimate of drug-likeness (QED) is 0.170. The van der Waals surface area contributed by atoms with Crippen LogP contribution in [-0.4, -0.2) is 19.5 Å². The van der Waals surface area contributed by atoms with Gasteiger partial charge in [0.15, 0.2) is 0 Å². The third-order valence-corrected chi connectivity index (χ3v) is 3.06.